The molecule has 0 aromatic heterocycles. The Morgan fingerprint density at radius 1 is 1.14 bits per heavy atom. The summed E-state index contributed by atoms with van der Waals surface area (Å²) in [4.78, 5) is 16.7. The maximum atomic E-state index is 12.4. The number of amides is 1. The molecule has 116 valence electrons. The Morgan fingerprint density at radius 3 is 2.59 bits per heavy atom. The summed E-state index contributed by atoms with van der Waals surface area (Å²) in [5.41, 5.74) is 1.02. The average molecular weight is 296 g/mol. The van der Waals surface area contributed by atoms with Gasteiger partial charge in [-0.2, -0.15) is 0 Å². The average Bonchev–Trinajstić information content (AvgIpc) is 2.83. The first kappa shape index (κ1) is 15.1. The molecule has 22 heavy (non-hydrogen) atoms. The van der Waals surface area contributed by atoms with Crippen molar-refractivity contribution in [3.63, 3.8) is 0 Å². The molecular weight excluding hydrogens is 272 g/mol. The Morgan fingerprint density at radius 2 is 1.86 bits per heavy atom. The van der Waals surface area contributed by atoms with Gasteiger partial charge < -0.3 is 9.80 Å². The second-order valence-electron chi connectivity index (χ2n) is 6.39. The summed E-state index contributed by atoms with van der Waals surface area (Å²) < 4.78 is 0. The van der Waals surface area contributed by atoms with Gasteiger partial charge in [0.2, 0.25) is 5.91 Å². The van der Waals surface area contributed by atoms with E-state index in [1.165, 1.54) is 19.3 Å². The largest absolute Gasteiger partial charge is 0.332 e. The van der Waals surface area contributed by atoms with Crippen molar-refractivity contribution in [1.82, 2.24) is 9.80 Å². The Bertz CT molecular complexity index is 566. The number of nitrogens with zero attached hydrogens (tertiary/aromatic N) is 2. The van der Waals surface area contributed by atoms with Crippen LogP contribution >= 0.6 is 0 Å². The summed E-state index contributed by atoms with van der Waals surface area (Å²) in [5, 5.41) is 0. The molecule has 0 saturated carbocycles. The van der Waals surface area contributed by atoms with Crippen molar-refractivity contribution in [1.29, 1.82) is 0 Å². The third-order valence-electron chi connectivity index (χ3n) is 4.76. The molecule has 2 heterocycles. The van der Waals surface area contributed by atoms with Gasteiger partial charge in [-0.3, -0.25) is 4.79 Å². The molecule has 1 amide bonds. The minimum absolute atomic E-state index is 0.0579. The molecule has 0 bridgehead atoms. The van der Waals surface area contributed by atoms with Crippen molar-refractivity contribution < 1.29 is 4.79 Å². The van der Waals surface area contributed by atoms with E-state index in [1.54, 1.807) is 0 Å². The van der Waals surface area contributed by atoms with E-state index in [2.05, 4.69) is 16.7 Å². The van der Waals surface area contributed by atoms with Crippen molar-refractivity contribution in [2.24, 2.45) is 5.92 Å². The summed E-state index contributed by atoms with van der Waals surface area (Å²) >= 11 is 0. The molecule has 2 fully saturated rings. The fourth-order valence-electron chi connectivity index (χ4n) is 3.42. The number of benzene rings is 1. The Balaban J connectivity index is 1.62. The van der Waals surface area contributed by atoms with Crippen LogP contribution < -0.4 is 0 Å². The number of hydrogen-bond donors (Lipinski definition) is 0. The van der Waals surface area contributed by atoms with E-state index in [0.29, 0.717) is 0 Å². The smallest absolute Gasteiger partial charge is 0.227 e. The molecule has 3 nitrogen and oxygen atoms in total. The van der Waals surface area contributed by atoms with Crippen molar-refractivity contribution in [3.8, 4) is 11.8 Å². The molecule has 2 saturated heterocycles. The molecule has 0 radical (unpaired) electrons. The molecule has 2 aliphatic rings. The minimum Gasteiger partial charge on any atom is -0.332 e. The number of hydrogen-bond acceptors (Lipinski definition) is 2. The predicted octanol–water partition coefficient (Wildman–Crippen LogP) is 2.37. The molecule has 2 atom stereocenters. The number of piperidine rings is 1. The molecular formula is C19H24N2O. The molecule has 1 aromatic carbocycles. The summed E-state index contributed by atoms with van der Waals surface area (Å²) in [6, 6.07) is 10.1. The van der Waals surface area contributed by atoms with Gasteiger partial charge in [0, 0.05) is 19.2 Å². The monoisotopic (exact) mass is 296 g/mol. The van der Waals surface area contributed by atoms with E-state index in [-0.39, 0.29) is 17.9 Å². The summed E-state index contributed by atoms with van der Waals surface area (Å²) in [6.07, 6.45) is 4.74. The molecule has 0 aliphatic carbocycles. The van der Waals surface area contributed by atoms with Gasteiger partial charge in [0.15, 0.2) is 0 Å². The summed E-state index contributed by atoms with van der Waals surface area (Å²) in [5.74, 6) is 6.87. The summed E-state index contributed by atoms with van der Waals surface area (Å²) in [6.45, 7) is 3.20. The van der Waals surface area contributed by atoms with Crippen LogP contribution in [0.3, 0.4) is 0 Å². The van der Waals surface area contributed by atoms with Crippen LogP contribution in [0.15, 0.2) is 30.3 Å². The molecule has 1 aromatic rings. The van der Waals surface area contributed by atoms with Crippen LogP contribution in [0.2, 0.25) is 0 Å². The van der Waals surface area contributed by atoms with Crippen LogP contribution in [-0.2, 0) is 4.79 Å². The molecule has 0 spiro atoms. The minimum atomic E-state index is 0.0579. The molecule has 2 aliphatic heterocycles. The topological polar surface area (TPSA) is 23.6 Å². The van der Waals surface area contributed by atoms with Gasteiger partial charge in [0.1, 0.15) is 0 Å². The van der Waals surface area contributed by atoms with Crippen molar-refractivity contribution in [3.05, 3.63) is 35.9 Å². The van der Waals surface area contributed by atoms with Gasteiger partial charge in [-0.25, -0.2) is 0 Å². The predicted molar refractivity (Wildman–Crippen MR) is 88.3 cm³/mol. The second-order valence-corrected chi connectivity index (χ2v) is 6.39. The maximum Gasteiger partial charge on any atom is 0.227 e. The van der Waals surface area contributed by atoms with E-state index >= 15 is 0 Å². The number of rotatable bonds is 2. The lowest BCUT2D eigenvalue weighted by molar-refractivity contribution is -0.130. The van der Waals surface area contributed by atoms with E-state index in [9.17, 15) is 4.79 Å². The Hall–Kier alpha value is -1.79. The SMILES string of the molecule is CN1C(=O)[C@@H](CN2CCCCC2)C[C@@H]1C#Cc1ccccc1. The number of likely N-dealkylation sites (tertiary alicyclic amines) is 2. The highest BCUT2D eigenvalue weighted by Gasteiger charge is 2.37. The van der Waals surface area contributed by atoms with Gasteiger partial charge >= 0.3 is 0 Å². The first-order valence-corrected chi connectivity index (χ1v) is 8.29. The summed E-state index contributed by atoms with van der Waals surface area (Å²) in [7, 11) is 1.89. The van der Waals surface area contributed by atoms with Gasteiger partial charge in [-0.05, 0) is 44.5 Å². The van der Waals surface area contributed by atoms with E-state index in [4.69, 9.17) is 0 Å². The van der Waals surface area contributed by atoms with Gasteiger partial charge in [-0.1, -0.05) is 36.5 Å². The molecule has 0 unspecified atom stereocenters. The highest BCUT2D eigenvalue weighted by molar-refractivity contribution is 5.82. The second kappa shape index (κ2) is 6.98. The van der Waals surface area contributed by atoms with Crippen LogP contribution in [0.4, 0.5) is 0 Å². The highest BCUT2D eigenvalue weighted by Crippen LogP contribution is 2.25. The Kier molecular flexibility index (Phi) is 4.80. The van der Waals surface area contributed by atoms with Crippen LogP contribution in [0.1, 0.15) is 31.2 Å². The van der Waals surface area contributed by atoms with E-state index in [0.717, 1.165) is 31.6 Å². The zero-order valence-electron chi connectivity index (χ0n) is 13.3. The van der Waals surface area contributed by atoms with Crippen LogP contribution in [0.5, 0.6) is 0 Å². The van der Waals surface area contributed by atoms with Crippen molar-refractivity contribution in [2.75, 3.05) is 26.7 Å². The first-order chi connectivity index (χ1) is 10.7. The third kappa shape index (κ3) is 3.51. The van der Waals surface area contributed by atoms with Crippen LogP contribution in [0, 0.1) is 17.8 Å². The van der Waals surface area contributed by atoms with Crippen molar-refractivity contribution >= 4 is 5.91 Å². The lowest BCUT2D eigenvalue weighted by Crippen LogP contribution is -2.37. The Labute approximate surface area is 133 Å². The molecule has 3 heteroatoms. The van der Waals surface area contributed by atoms with Gasteiger partial charge in [0.25, 0.3) is 0 Å². The van der Waals surface area contributed by atoms with Gasteiger partial charge in [0.05, 0.1) is 12.0 Å². The lowest BCUT2D eigenvalue weighted by Gasteiger charge is -2.28. The van der Waals surface area contributed by atoms with Gasteiger partial charge in [-0.15, -0.1) is 0 Å². The van der Waals surface area contributed by atoms with E-state index in [1.807, 2.05) is 42.3 Å². The van der Waals surface area contributed by atoms with Crippen LogP contribution in [0.25, 0.3) is 0 Å². The fraction of sp³-hybridized carbons (Fsp3) is 0.526. The van der Waals surface area contributed by atoms with Crippen molar-refractivity contribution in [2.45, 2.75) is 31.7 Å². The standard InChI is InChI=1S/C19H24N2O/c1-20-18(11-10-16-8-4-2-5-9-16)14-17(19(20)22)15-21-12-6-3-7-13-21/h2,4-5,8-9,17-18H,3,6-7,12-15H2,1H3/t17-,18+/m1/s1. The highest BCUT2D eigenvalue weighted by atomic mass is 16.2. The van der Waals surface area contributed by atoms with Crippen LogP contribution in [-0.4, -0.2) is 48.4 Å². The first-order valence-electron chi connectivity index (χ1n) is 8.29. The third-order valence-corrected chi connectivity index (χ3v) is 4.76. The number of carbonyl (C=O) groups is 1. The quantitative estimate of drug-likeness (QED) is 0.782. The maximum absolute atomic E-state index is 12.4. The fourth-order valence-corrected chi connectivity index (χ4v) is 3.42. The zero-order chi connectivity index (χ0) is 15.4. The van der Waals surface area contributed by atoms with E-state index < -0.39 is 0 Å². The normalized spacial score (nSPS) is 25.9. The molecule has 0 N–H and O–H groups in total. The lowest BCUT2D eigenvalue weighted by atomic mass is 10.0. The molecule has 3 rings (SSSR count). The number of carbonyl (C=O) groups excluding carboxylic acids is 1. The zero-order valence-corrected chi connectivity index (χ0v) is 13.3.